The molecule has 1 aromatic rings. The second kappa shape index (κ2) is 4.87. The first-order valence-electron chi connectivity index (χ1n) is 6.14. The molecule has 17 heavy (non-hydrogen) atoms. The van der Waals surface area contributed by atoms with E-state index in [0.717, 1.165) is 18.9 Å². The molecule has 2 atom stereocenters. The smallest absolute Gasteiger partial charge is 0.230 e. The van der Waals surface area contributed by atoms with E-state index in [1.165, 1.54) is 0 Å². The van der Waals surface area contributed by atoms with Gasteiger partial charge in [0.15, 0.2) is 0 Å². The van der Waals surface area contributed by atoms with Crippen molar-refractivity contribution in [2.45, 2.75) is 26.8 Å². The lowest BCUT2D eigenvalue weighted by molar-refractivity contribution is -0.120. The number of hydrogen-bond acceptors (Lipinski definition) is 3. The molecule has 0 aromatic carbocycles. The minimum absolute atomic E-state index is 0.0607. The van der Waals surface area contributed by atoms with Gasteiger partial charge in [-0.1, -0.05) is 6.92 Å². The maximum atomic E-state index is 12.1. The fourth-order valence-corrected chi connectivity index (χ4v) is 2.20. The van der Waals surface area contributed by atoms with Crippen molar-refractivity contribution in [3.8, 4) is 0 Å². The highest BCUT2D eigenvalue weighted by Gasteiger charge is 2.30. The first-order valence-corrected chi connectivity index (χ1v) is 6.14. The van der Waals surface area contributed by atoms with E-state index in [9.17, 15) is 4.79 Å². The minimum atomic E-state index is 0.0607. The van der Waals surface area contributed by atoms with E-state index in [-0.39, 0.29) is 17.9 Å². The van der Waals surface area contributed by atoms with Crippen molar-refractivity contribution in [2.75, 3.05) is 18.4 Å². The van der Waals surface area contributed by atoms with E-state index in [1.54, 1.807) is 6.20 Å². The van der Waals surface area contributed by atoms with Gasteiger partial charge >= 0.3 is 0 Å². The standard InChI is InChI=1S/C12H20N4O/c1-8(2)16-11(4-5-14-16)15-12(17)10-7-13-6-9(10)3/h4-5,8-10,13H,6-7H2,1-3H3,(H,15,17)/t9-,10-/m1/s1. The van der Waals surface area contributed by atoms with Crippen molar-refractivity contribution in [3.05, 3.63) is 12.3 Å². The van der Waals surface area contributed by atoms with Crippen LogP contribution in [0.1, 0.15) is 26.8 Å². The highest BCUT2D eigenvalue weighted by molar-refractivity contribution is 5.92. The Morgan fingerprint density at radius 3 is 2.94 bits per heavy atom. The summed E-state index contributed by atoms with van der Waals surface area (Å²) in [6, 6.07) is 2.09. The molecule has 5 heteroatoms. The molecule has 2 heterocycles. The van der Waals surface area contributed by atoms with Gasteiger partial charge in [0.2, 0.25) is 5.91 Å². The summed E-state index contributed by atoms with van der Waals surface area (Å²) in [7, 11) is 0. The van der Waals surface area contributed by atoms with E-state index in [1.807, 2.05) is 24.6 Å². The highest BCUT2D eigenvalue weighted by Crippen LogP contribution is 2.19. The molecule has 94 valence electrons. The molecule has 1 fully saturated rings. The molecule has 1 saturated heterocycles. The van der Waals surface area contributed by atoms with Crippen molar-refractivity contribution in [2.24, 2.45) is 11.8 Å². The zero-order valence-corrected chi connectivity index (χ0v) is 10.6. The Bertz CT molecular complexity index is 399. The molecule has 0 bridgehead atoms. The van der Waals surface area contributed by atoms with Crippen LogP contribution >= 0.6 is 0 Å². The third kappa shape index (κ3) is 2.49. The lowest BCUT2D eigenvalue weighted by Gasteiger charge is -2.16. The number of rotatable bonds is 3. The molecule has 0 radical (unpaired) electrons. The van der Waals surface area contributed by atoms with Crippen molar-refractivity contribution < 1.29 is 4.79 Å². The quantitative estimate of drug-likeness (QED) is 0.830. The Labute approximate surface area is 102 Å². The lowest BCUT2D eigenvalue weighted by Crippen LogP contribution is -2.29. The first-order chi connectivity index (χ1) is 8.09. The topological polar surface area (TPSA) is 59.0 Å². The number of carbonyl (C=O) groups excluding carboxylic acids is 1. The Kier molecular flexibility index (Phi) is 3.47. The molecule has 2 rings (SSSR count). The van der Waals surface area contributed by atoms with Gasteiger partial charge in [0.05, 0.1) is 12.1 Å². The van der Waals surface area contributed by atoms with Gasteiger partial charge in [-0.15, -0.1) is 0 Å². The van der Waals surface area contributed by atoms with E-state index < -0.39 is 0 Å². The second-order valence-electron chi connectivity index (χ2n) is 4.99. The van der Waals surface area contributed by atoms with Crippen LogP contribution in [0.15, 0.2) is 12.3 Å². The van der Waals surface area contributed by atoms with Crippen LogP contribution in [0, 0.1) is 11.8 Å². The first kappa shape index (κ1) is 12.1. The van der Waals surface area contributed by atoms with E-state index in [0.29, 0.717) is 5.92 Å². The maximum absolute atomic E-state index is 12.1. The zero-order chi connectivity index (χ0) is 12.4. The molecule has 2 N–H and O–H groups in total. The molecule has 1 amide bonds. The summed E-state index contributed by atoms with van der Waals surface area (Å²) < 4.78 is 1.82. The SMILES string of the molecule is CC(C)n1nccc1NC(=O)[C@@H]1CNC[C@H]1C. The number of hydrogen-bond donors (Lipinski definition) is 2. The molecule has 0 saturated carbocycles. The van der Waals surface area contributed by atoms with Gasteiger partial charge in [0, 0.05) is 18.7 Å². The van der Waals surface area contributed by atoms with Crippen LogP contribution < -0.4 is 10.6 Å². The molecule has 5 nitrogen and oxygen atoms in total. The van der Waals surface area contributed by atoms with Gasteiger partial charge < -0.3 is 10.6 Å². The van der Waals surface area contributed by atoms with E-state index >= 15 is 0 Å². The third-order valence-electron chi connectivity index (χ3n) is 3.26. The summed E-state index contributed by atoms with van der Waals surface area (Å²) >= 11 is 0. The van der Waals surface area contributed by atoms with Crippen LogP contribution in [-0.4, -0.2) is 28.8 Å². The van der Waals surface area contributed by atoms with Crippen LogP contribution in [-0.2, 0) is 4.79 Å². The Hall–Kier alpha value is -1.36. The maximum Gasteiger partial charge on any atom is 0.230 e. The molecule has 0 aliphatic carbocycles. The van der Waals surface area contributed by atoms with Crippen LogP contribution in [0.25, 0.3) is 0 Å². The average molecular weight is 236 g/mol. The largest absolute Gasteiger partial charge is 0.316 e. The van der Waals surface area contributed by atoms with Crippen molar-refractivity contribution in [3.63, 3.8) is 0 Å². The van der Waals surface area contributed by atoms with E-state index in [4.69, 9.17) is 0 Å². The highest BCUT2D eigenvalue weighted by atomic mass is 16.2. The molecule has 1 aromatic heterocycles. The minimum Gasteiger partial charge on any atom is -0.316 e. The van der Waals surface area contributed by atoms with Gasteiger partial charge in [-0.2, -0.15) is 5.10 Å². The molecule has 0 spiro atoms. The molecule has 1 aliphatic heterocycles. The summed E-state index contributed by atoms with van der Waals surface area (Å²) in [5, 5.41) is 10.4. The van der Waals surface area contributed by atoms with Crippen molar-refractivity contribution in [1.82, 2.24) is 15.1 Å². The van der Waals surface area contributed by atoms with Crippen LogP contribution in [0.5, 0.6) is 0 Å². The molecular formula is C12H20N4O. The Balaban J connectivity index is 2.05. The third-order valence-corrected chi connectivity index (χ3v) is 3.26. The Morgan fingerprint density at radius 2 is 2.35 bits per heavy atom. The fraction of sp³-hybridized carbons (Fsp3) is 0.667. The summed E-state index contributed by atoms with van der Waals surface area (Å²) in [5.74, 6) is 1.32. The number of aromatic nitrogens is 2. The monoisotopic (exact) mass is 236 g/mol. The normalized spacial score (nSPS) is 24.2. The van der Waals surface area contributed by atoms with Gasteiger partial charge in [-0.05, 0) is 26.3 Å². The fourth-order valence-electron chi connectivity index (χ4n) is 2.20. The summed E-state index contributed by atoms with van der Waals surface area (Å²) in [4.78, 5) is 12.1. The van der Waals surface area contributed by atoms with Gasteiger partial charge in [0.25, 0.3) is 0 Å². The summed E-state index contributed by atoms with van der Waals surface area (Å²) in [6.07, 6.45) is 1.71. The van der Waals surface area contributed by atoms with Crippen LogP contribution in [0.4, 0.5) is 5.82 Å². The summed E-state index contributed by atoms with van der Waals surface area (Å²) in [5.41, 5.74) is 0. The number of amides is 1. The molecule has 0 unspecified atom stereocenters. The average Bonchev–Trinajstić information content (AvgIpc) is 2.86. The second-order valence-corrected chi connectivity index (χ2v) is 4.99. The predicted octanol–water partition coefficient (Wildman–Crippen LogP) is 1.26. The Morgan fingerprint density at radius 1 is 1.59 bits per heavy atom. The van der Waals surface area contributed by atoms with Crippen molar-refractivity contribution in [1.29, 1.82) is 0 Å². The molecular weight excluding hydrogens is 216 g/mol. The predicted molar refractivity (Wildman–Crippen MR) is 66.8 cm³/mol. The zero-order valence-electron chi connectivity index (χ0n) is 10.6. The van der Waals surface area contributed by atoms with E-state index in [2.05, 4.69) is 22.7 Å². The van der Waals surface area contributed by atoms with Gasteiger partial charge in [-0.3, -0.25) is 4.79 Å². The van der Waals surface area contributed by atoms with Gasteiger partial charge in [0.1, 0.15) is 5.82 Å². The summed E-state index contributed by atoms with van der Waals surface area (Å²) in [6.45, 7) is 7.87. The van der Waals surface area contributed by atoms with Crippen molar-refractivity contribution >= 4 is 11.7 Å². The van der Waals surface area contributed by atoms with Crippen LogP contribution in [0.3, 0.4) is 0 Å². The molecule has 1 aliphatic rings. The number of anilines is 1. The number of carbonyl (C=O) groups is 1. The number of nitrogens with one attached hydrogen (secondary N) is 2. The number of nitrogens with zero attached hydrogens (tertiary/aromatic N) is 2. The van der Waals surface area contributed by atoms with Gasteiger partial charge in [-0.25, -0.2) is 4.68 Å². The van der Waals surface area contributed by atoms with Crippen LogP contribution in [0.2, 0.25) is 0 Å². The lowest BCUT2D eigenvalue weighted by atomic mass is 9.97.